The van der Waals surface area contributed by atoms with E-state index in [9.17, 15) is 9.90 Å². The quantitative estimate of drug-likeness (QED) is 0.0657. The Labute approximate surface area is 305 Å². The van der Waals surface area contributed by atoms with Crippen molar-refractivity contribution in [1.82, 2.24) is 4.98 Å². The van der Waals surface area contributed by atoms with Gasteiger partial charge in [-0.05, 0) is 25.7 Å². The van der Waals surface area contributed by atoms with E-state index in [4.69, 9.17) is 9.72 Å². The molecular formula is C42H56GeIrNO3-. The molecule has 0 unspecified atom stereocenters. The number of allylic oxidation sites excluding steroid dienone is 2. The minimum atomic E-state index is -1.69. The summed E-state index contributed by atoms with van der Waals surface area (Å²) in [6.07, 6.45) is 7.83. The van der Waals surface area contributed by atoms with Crippen molar-refractivity contribution in [3.63, 3.8) is 0 Å². The number of hydrogen-bond donors (Lipinski definition) is 1. The van der Waals surface area contributed by atoms with E-state index in [0.29, 0.717) is 0 Å². The van der Waals surface area contributed by atoms with E-state index in [0.717, 1.165) is 65.6 Å². The van der Waals surface area contributed by atoms with Gasteiger partial charge in [-0.2, -0.15) is 0 Å². The molecule has 1 aromatic heterocycles. The largest absolute Gasteiger partial charge is 0 e. The van der Waals surface area contributed by atoms with Crippen LogP contribution in [0, 0.1) is 30.2 Å². The van der Waals surface area contributed by atoms with Crippen molar-refractivity contribution < 1.29 is 34.7 Å². The molecule has 4 nitrogen and oxygen atoms in total. The molecule has 1 aliphatic heterocycles. The SMILES string of the molecule is CCC(CC)C(=O)/C=C(\O)C(CC)CC.Cc1c2c([c-]c3ccc([CH2][Ge]([CH3])([CH3])[CH3])cc13)-c1nccc3cc(CC(C)(C)C)cc(c13)O2.[Ir]. The smallest absolute Gasteiger partial charge is 0 e. The molecule has 6 heteroatoms. The standard InChI is InChI=1S/C29H32GeNO.C13H24O2.Ir/c1-18-23-13-19(17-30(5,6)7)8-9-21(23)15-24-27-26-22(10-11-31-27)12-20(16-29(2,3)4)14-25(26)32-28(18)24;1-5-10(6-2)12(14)9-13(15)11(7-3)8-4;/h8-14H,16-17H2,1-7H3;9-11,14H,5-8H2,1-4H3;/q-1;;/b;12-9-;. The molecule has 5 rings (SSSR count). The first-order valence-corrected chi connectivity index (χ1v) is 25.4. The molecule has 1 aliphatic rings. The normalized spacial score (nSPS) is 12.8. The molecule has 48 heavy (non-hydrogen) atoms. The summed E-state index contributed by atoms with van der Waals surface area (Å²) in [6.45, 7) is 17.1. The number of aliphatic hydroxyl groups excluding tert-OH is 1. The van der Waals surface area contributed by atoms with E-state index < -0.39 is 13.3 Å². The van der Waals surface area contributed by atoms with Crippen LogP contribution in [0.5, 0.6) is 11.5 Å². The van der Waals surface area contributed by atoms with Gasteiger partial charge in [-0.3, -0.25) is 4.79 Å². The Kier molecular flexibility index (Phi) is 13.7. The summed E-state index contributed by atoms with van der Waals surface area (Å²) in [7, 11) is 0. The van der Waals surface area contributed by atoms with Crippen LogP contribution in [0.3, 0.4) is 0 Å². The summed E-state index contributed by atoms with van der Waals surface area (Å²) in [4.78, 5) is 16.5. The van der Waals surface area contributed by atoms with Gasteiger partial charge in [0.25, 0.3) is 0 Å². The maximum Gasteiger partial charge on any atom is 0 e. The minimum Gasteiger partial charge on any atom is 0 e. The van der Waals surface area contributed by atoms with Gasteiger partial charge < -0.3 is 5.11 Å². The van der Waals surface area contributed by atoms with Gasteiger partial charge in [-0.1, -0.05) is 48.5 Å². The number of carbonyl (C=O) groups is 1. The molecule has 2 heterocycles. The van der Waals surface area contributed by atoms with Gasteiger partial charge in [0.05, 0.1) is 5.76 Å². The van der Waals surface area contributed by atoms with Crippen LogP contribution in [-0.4, -0.2) is 29.1 Å². The molecule has 261 valence electrons. The van der Waals surface area contributed by atoms with Crippen LogP contribution in [0.1, 0.15) is 90.8 Å². The van der Waals surface area contributed by atoms with Gasteiger partial charge in [-0.15, -0.1) is 0 Å². The molecule has 0 saturated heterocycles. The van der Waals surface area contributed by atoms with Gasteiger partial charge in [-0.25, -0.2) is 0 Å². The second-order valence-corrected chi connectivity index (χ2v) is 27.2. The molecule has 1 radical (unpaired) electrons. The fraction of sp³-hybridized carbons (Fsp3) is 0.476. The third kappa shape index (κ3) is 9.61. The molecule has 0 amide bonds. The third-order valence-corrected chi connectivity index (χ3v) is 12.3. The van der Waals surface area contributed by atoms with Crippen molar-refractivity contribution >= 4 is 40.6 Å². The van der Waals surface area contributed by atoms with Crippen LogP contribution in [0.15, 0.2) is 54.4 Å². The Bertz CT molecular complexity index is 1770. The van der Waals surface area contributed by atoms with E-state index >= 15 is 0 Å². The summed E-state index contributed by atoms with van der Waals surface area (Å²) in [6, 6.07) is 17.1. The second-order valence-electron chi connectivity index (χ2n) is 15.8. The topological polar surface area (TPSA) is 59.4 Å². The van der Waals surface area contributed by atoms with Gasteiger partial charge in [0.2, 0.25) is 0 Å². The van der Waals surface area contributed by atoms with E-state index in [2.05, 4.69) is 87.4 Å². The van der Waals surface area contributed by atoms with E-state index in [-0.39, 0.29) is 48.9 Å². The predicted octanol–water partition coefficient (Wildman–Crippen LogP) is 12.1. The Morgan fingerprint density at radius 1 is 0.958 bits per heavy atom. The van der Waals surface area contributed by atoms with Gasteiger partial charge in [0.1, 0.15) is 0 Å². The van der Waals surface area contributed by atoms with E-state index in [1.54, 1.807) is 0 Å². The summed E-state index contributed by atoms with van der Waals surface area (Å²) in [5.41, 5.74) is 6.12. The number of ketones is 1. The van der Waals surface area contributed by atoms with Crippen LogP contribution >= 0.6 is 0 Å². The Morgan fingerprint density at radius 3 is 2.19 bits per heavy atom. The van der Waals surface area contributed by atoms with Crippen LogP contribution in [0.4, 0.5) is 0 Å². The average Bonchev–Trinajstić information content (AvgIpc) is 2.98. The monoisotopic (exact) mass is 889 g/mol. The molecule has 0 aliphatic carbocycles. The van der Waals surface area contributed by atoms with Crippen LogP contribution in [0.2, 0.25) is 17.3 Å². The molecule has 4 aromatic rings. The fourth-order valence-corrected chi connectivity index (χ4v) is 9.77. The summed E-state index contributed by atoms with van der Waals surface area (Å²) >= 11 is -1.69. The van der Waals surface area contributed by atoms with Crippen LogP contribution in [0.25, 0.3) is 32.8 Å². The Hall–Kier alpha value is -2.47. The molecule has 0 spiro atoms. The van der Waals surface area contributed by atoms with Crippen LogP contribution < -0.4 is 4.74 Å². The summed E-state index contributed by atoms with van der Waals surface area (Å²) in [5, 5.41) is 15.7. The number of pyridine rings is 1. The molecule has 0 saturated carbocycles. The van der Waals surface area contributed by atoms with Gasteiger partial charge >= 0.3 is 174 Å². The van der Waals surface area contributed by atoms with Crippen LogP contribution in [-0.2, 0) is 36.6 Å². The van der Waals surface area contributed by atoms with E-state index in [1.807, 2.05) is 33.9 Å². The molecule has 3 aromatic carbocycles. The number of benzene rings is 3. The van der Waals surface area contributed by atoms with Crippen molar-refractivity contribution in [3.8, 4) is 22.8 Å². The first-order valence-electron chi connectivity index (χ1n) is 17.6. The first kappa shape index (κ1) is 40.0. The zero-order valence-electron chi connectivity index (χ0n) is 31.1. The van der Waals surface area contributed by atoms with Crippen molar-refractivity contribution in [2.45, 2.75) is 110 Å². The Balaban J connectivity index is 0.000000334. The van der Waals surface area contributed by atoms with E-state index in [1.165, 1.54) is 38.8 Å². The van der Waals surface area contributed by atoms with Gasteiger partial charge in [0, 0.05) is 38.0 Å². The maximum atomic E-state index is 11.7. The second kappa shape index (κ2) is 16.5. The van der Waals surface area contributed by atoms with Crippen molar-refractivity contribution in [1.29, 1.82) is 0 Å². The molecule has 1 N–H and O–H groups in total. The van der Waals surface area contributed by atoms with Crippen molar-refractivity contribution in [3.05, 3.63) is 77.2 Å². The van der Waals surface area contributed by atoms with Gasteiger partial charge in [0.15, 0.2) is 5.78 Å². The number of hydrogen-bond acceptors (Lipinski definition) is 4. The molecule has 0 bridgehead atoms. The zero-order chi connectivity index (χ0) is 34.7. The number of rotatable bonds is 10. The Morgan fingerprint density at radius 2 is 1.60 bits per heavy atom. The van der Waals surface area contributed by atoms with Crippen molar-refractivity contribution in [2.24, 2.45) is 17.3 Å². The molecular weight excluding hydrogens is 831 g/mol. The number of ether oxygens (including phenoxy) is 1. The number of aryl methyl sites for hydroxylation is 1. The predicted molar refractivity (Wildman–Crippen MR) is 202 cm³/mol. The maximum absolute atomic E-state index is 11.7. The number of nitrogens with zero attached hydrogens (tertiary/aromatic N) is 1. The number of aliphatic hydroxyl groups is 1. The summed E-state index contributed by atoms with van der Waals surface area (Å²) in [5.74, 6) is 9.79. The zero-order valence-corrected chi connectivity index (χ0v) is 35.6. The number of aromatic nitrogens is 1. The number of fused-ring (bicyclic) bond motifs is 3. The first-order chi connectivity index (χ1) is 22.1. The third-order valence-electron chi connectivity index (χ3n) is 9.20. The molecule has 0 atom stereocenters. The average molecular weight is 888 g/mol. The minimum absolute atomic E-state index is 0. The van der Waals surface area contributed by atoms with Crippen molar-refractivity contribution in [2.75, 3.05) is 0 Å². The molecule has 0 fully saturated rings. The number of carbonyl (C=O) groups excluding carboxylic acids is 1. The summed E-state index contributed by atoms with van der Waals surface area (Å²) < 4.78 is 6.62. The fourth-order valence-electron chi connectivity index (χ4n) is 6.74.